The van der Waals surface area contributed by atoms with Gasteiger partial charge in [-0.15, -0.1) is 0 Å². The van der Waals surface area contributed by atoms with E-state index in [1.54, 1.807) is 13.8 Å². The molecule has 3 rings (SSSR count). The molecule has 1 aliphatic heterocycles. The van der Waals surface area contributed by atoms with Crippen molar-refractivity contribution in [3.05, 3.63) is 62.6 Å². The molecule has 2 aromatic carbocycles. The van der Waals surface area contributed by atoms with Crippen molar-refractivity contribution in [3.8, 4) is 0 Å². The second-order valence-electron chi connectivity index (χ2n) is 8.05. The van der Waals surface area contributed by atoms with Gasteiger partial charge in [-0.3, -0.25) is 10.1 Å². The molecule has 0 aliphatic carbocycles. The van der Waals surface area contributed by atoms with Crippen molar-refractivity contribution >= 4 is 43.3 Å². The van der Waals surface area contributed by atoms with Crippen molar-refractivity contribution < 1.29 is 27.6 Å². The number of hydrogen-bond acceptors (Lipinski definition) is 8. The van der Waals surface area contributed by atoms with Gasteiger partial charge in [0.25, 0.3) is 5.69 Å². The quantitative estimate of drug-likeness (QED) is 0.282. The summed E-state index contributed by atoms with van der Waals surface area (Å²) in [5.74, 6) is -0.828. The third-order valence-corrected chi connectivity index (χ3v) is 7.72. The predicted octanol–water partition coefficient (Wildman–Crippen LogP) is 3.56. The molecule has 1 fully saturated rings. The molecule has 0 radical (unpaired) electrons. The van der Waals surface area contributed by atoms with Crippen molar-refractivity contribution in [1.29, 1.82) is 0 Å². The molecule has 1 N–H and O–H groups in total. The Morgan fingerprint density at radius 2 is 1.85 bits per heavy atom. The summed E-state index contributed by atoms with van der Waals surface area (Å²) in [6.07, 6.45) is 0. The fraction of sp³-hybridized carbons (Fsp3) is 0.409. The summed E-state index contributed by atoms with van der Waals surface area (Å²) in [7, 11) is -3.91. The van der Waals surface area contributed by atoms with Crippen LogP contribution in [0.5, 0.6) is 0 Å². The van der Waals surface area contributed by atoms with Crippen molar-refractivity contribution in [3.63, 3.8) is 0 Å². The molecule has 2 aromatic rings. The molecule has 1 saturated heterocycles. The SMILES string of the molecule is CC(C)C(Nc1ccc(S(=O)(=O)N2CCOCC2)cc1[N+](=O)[O-])C(=O)OCc1ccc(Br)cc1. The number of esters is 1. The van der Waals surface area contributed by atoms with Gasteiger partial charge < -0.3 is 14.8 Å². The molecule has 184 valence electrons. The minimum Gasteiger partial charge on any atom is -0.459 e. The Bertz CT molecular complexity index is 1130. The number of nitrogens with zero attached hydrogens (tertiary/aromatic N) is 2. The van der Waals surface area contributed by atoms with Crippen molar-refractivity contribution in [1.82, 2.24) is 4.31 Å². The van der Waals surface area contributed by atoms with E-state index in [4.69, 9.17) is 9.47 Å². The maximum Gasteiger partial charge on any atom is 0.329 e. The summed E-state index contributed by atoms with van der Waals surface area (Å²) in [5, 5.41) is 14.6. The molecule has 1 heterocycles. The molecule has 12 heteroatoms. The Morgan fingerprint density at radius 3 is 2.44 bits per heavy atom. The summed E-state index contributed by atoms with van der Waals surface area (Å²) in [5.41, 5.74) is 0.383. The van der Waals surface area contributed by atoms with E-state index < -0.39 is 32.6 Å². The number of nitrogens with one attached hydrogen (secondary N) is 1. The van der Waals surface area contributed by atoms with Gasteiger partial charge in [-0.1, -0.05) is 41.9 Å². The smallest absolute Gasteiger partial charge is 0.329 e. The van der Waals surface area contributed by atoms with E-state index in [0.29, 0.717) is 0 Å². The van der Waals surface area contributed by atoms with Crippen molar-refractivity contribution in [2.24, 2.45) is 5.92 Å². The topological polar surface area (TPSA) is 128 Å². The van der Waals surface area contributed by atoms with Gasteiger partial charge in [-0.2, -0.15) is 4.31 Å². The van der Waals surface area contributed by atoms with Gasteiger partial charge >= 0.3 is 5.97 Å². The van der Waals surface area contributed by atoms with Gasteiger partial charge in [-0.25, -0.2) is 13.2 Å². The highest BCUT2D eigenvalue weighted by atomic mass is 79.9. The zero-order valence-electron chi connectivity index (χ0n) is 18.8. The number of nitro groups is 1. The maximum atomic E-state index is 12.9. The highest BCUT2D eigenvalue weighted by molar-refractivity contribution is 9.10. The second-order valence-corrected chi connectivity index (χ2v) is 10.9. The summed E-state index contributed by atoms with van der Waals surface area (Å²) in [6.45, 7) is 4.49. The number of nitro benzene ring substituents is 1. The van der Waals surface area contributed by atoms with Gasteiger partial charge in [-0.05, 0) is 35.7 Å². The van der Waals surface area contributed by atoms with Crippen LogP contribution in [-0.4, -0.2) is 56.0 Å². The largest absolute Gasteiger partial charge is 0.459 e. The minimum absolute atomic E-state index is 0.0326. The first-order valence-electron chi connectivity index (χ1n) is 10.6. The highest BCUT2D eigenvalue weighted by Gasteiger charge is 2.31. The first-order chi connectivity index (χ1) is 16.1. The van der Waals surface area contributed by atoms with Crippen LogP contribution in [0.15, 0.2) is 51.8 Å². The van der Waals surface area contributed by atoms with Crippen LogP contribution in [0.25, 0.3) is 0 Å². The number of rotatable bonds is 9. The van der Waals surface area contributed by atoms with Crippen LogP contribution in [-0.2, 0) is 30.9 Å². The number of ether oxygens (including phenoxy) is 2. The van der Waals surface area contributed by atoms with Crippen LogP contribution in [0.2, 0.25) is 0 Å². The van der Waals surface area contributed by atoms with E-state index in [1.807, 2.05) is 24.3 Å². The monoisotopic (exact) mass is 555 g/mol. The second kappa shape index (κ2) is 11.3. The number of morpholine rings is 1. The van der Waals surface area contributed by atoms with Crippen LogP contribution in [0, 0.1) is 16.0 Å². The standard InChI is InChI=1S/C22H26BrN3O7S/c1-15(2)21(22(27)33-14-16-3-5-17(23)6-4-16)24-19-8-7-18(13-20(19)26(28)29)34(30,31)25-9-11-32-12-10-25/h3-8,13,15,21,24H,9-12,14H2,1-2H3. The number of carbonyl (C=O) groups excluding carboxylic acids is 1. The molecule has 0 spiro atoms. The van der Waals surface area contributed by atoms with Gasteiger partial charge in [0.05, 0.1) is 23.0 Å². The van der Waals surface area contributed by atoms with E-state index in [-0.39, 0.29) is 49.4 Å². The number of anilines is 1. The molecule has 1 unspecified atom stereocenters. The van der Waals surface area contributed by atoms with E-state index in [0.717, 1.165) is 16.1 Å². The van der Waals surface area contributed by atoms with Crippen LogP contribution >= 0.6 is 15.9 Å². The Balaban J connectivity index is 1.80. The number of carbonyl (C=O) groups is 1. The first kappa shape index (κ1) is 26.1. The number of benzene rings is 2. The van der Waals surface area contributed by atoms with Gasteiger partial charge in [0, 0.05) is 23.6 Å². The maximum absolute atomic E-state index is 12.9. The fourth-order valence-corrected chi connectivity index (χ4v) is 5.06. The van der Waals surface area contributed by atoms with Crippen molar-refractivity contribution in [2.75, 3.05) is 31.6 Å². The lowest BCUT2D eigenvalue weighted by Gasteiger charge is -2.26. The number of sulfonamides is 1. The van der Waals surface area contributed by atoms with Crippen LogP contribution < -0.4 is 5.32 Å². The first-order valence-corrected chi connectivity index (χ1v) is 12.9. The molecule has 0 saturated carbocycles. The van der Waals surface area contributed by atoms with Crippen molar-refractivity contribution in [2.45, 2.75) is 31.4 Å². The summed E-state index contributed by atoms with van der Waals surface area (Å²) < 4.78 is 38.5. The van der Waals surface area contributed by atoms with Gasteiger partial charge in [0.15, 0.2) is 0 Å². The third kappa shape index (κ3) is 6.32. The normalized spacial score (nSPS) is 15.6. The van der Waals surface area contributed by atoms with E-state index in [9.17, 15) is 23.3 Å². The average molecular weight is 556 g/mol. The van der Waals surface area contributed by atoms with E-state index >= 15 is 0 Å². The van der Waals surface area contributed by atoms with Gasteiger partial charge in [0.2, 0.25) is 10.0 Å². The lowest BCUT2D eigenvalue weighted by atomic mass is 10.0. The summed E-state index contributed by atoms with van der Waals surface area (Å²) >= 11 is 3.34. The minimum atomic E-state index is -3.91. The lowest BCUT2D eigenvalue weighted by molar-refractivity contribution is -0.384. The molecular weight excluding hydrogens is 530 g/mol. The Labute approximate surface area is 206 Å². The van der Waals surface area contributed by atoms with Crippen LogP contribution in [0.4, 0.5) is 11.4 Å². The summed E-state index contributed by atoms with van der Waals surface area (Å²) in [4.78, 5) is 23.7. The number of halogens is 1. The molecule has 10 nitrogen and oxygen atoms in total. The molecule has 34 heavy (non-hydrogen) atoms. The van der Waals surface area contributed by atoms with E-state index in [2.05, 4.69) is 21.2 Å². The van der Waals surface area contributed by atoms with Crippen LogP contribution in [0.1, 0.15) is 19.4 Å². The summed E-state index contributed by atoms with van der Waals surface area (Å²) in [6, 6.07) is 10.0. The predicted molar refractivity (Wildman–Crippen MR) is 129 cm³/mol. The third-order valence-electron chi connectivity index (χ3n) is 5.30. The lowest BCUT2D eigenvalue weighted by Crippen LogP contribution is -2.40. The zero-order chi connectivity index (χ0) is 24.9. The Kier molecular flexibility index (Phi) is 8.63. The fourth-order valence-electron chi connectivity index (χ4n) is 3.37. The van der Waals surface area contributed by atoms with E-state index in [1.165, 1.54) is 16.4 Å². The van der Waals surface area contributed by atoms with Crippen LogP contribution in [0.3, 0.4) is 0 Å². The number of hydrogen-bond donors (Lipinski definition) is 1. The molecule has 1 aliphatic rings. The Morgan fingerprint density at radius 1 is 1.21 bits per heavy atom. The van der Waals surface area contributed by atoms with Gasteiger partial charge in [0.1, 0.15) is 18.3 Å². The molecule has 1 atom stereocenters. The average Bonchev–Trinajstić information content (AvgIpc) is 2.82. The highest BCUT2D eigenvalue weighted by Crippen LogP contribution is 2.31. The zero-order valence-corrected chi connectivity index (χ0v) is 21.2. The molecule has 0 amide bonds. The molecule has 0 aromatic heterocycles. The molecular formula is C22H26BrN3O7S. The molecule has 0 bridgehead atoms. The Hall–Kier alpha value is -2.54.